The zero-order valence-corrected chi connectivity index (χ0v) is 32.9. The molecule has 0 bridgehead atoms. The number of carbonyl (C=O) groups is 2. The highest BCUT2D eigenvalue weighted by molar-refractivity contribution is 7.91. The molecule has 9 heteroatoms. The quantitative estimate of drug-likeness (QED) is 0.245. The van der Waals surface area contributed by atoms with Crippen molar-refractivity contribution < 1.29 is 27.9 Å². The van der Waals surface area contributed by atoms with Crippen molar-refractivity contribution in [2.75, 3.05) is 32.4 Å². The minimum atomic E-state index is -2.94. The van der Waals surface area contributed by atoms with Gasteiger partial charge in [-0.05, 0) is 144 Å². The minimum Gasteiger partial charge on any atom is -0.481 e. The zero-order chi connectivity index (χ0) is 35.8. The average molecular weight is 705 g/mol. The Morgan fingerprint density at radius 1 is 0.837 bits per heavy atom. The van der Waals surface area contributed by atoms with Crippen LogP contribution in [-0.2, 0) is 24.2 Å². The van der Waals surface area contributed by atoms with Crippen molar-refractivity contribution in [1.29, 1.82) is 0 Å². The van der Waals surface area contributed by atoms with E-state index in [4.69, 9.17) is 4.74 Å². The van der Waals surface area contributed by atoms with Crippen LogP contribution in [0, 0.1) is 50.7 Å². The molecular formula is C40H68N2O6S. The van der Waals surface area contributed by atoms with Crippen molar-refractivity contribution in [3.63, 3.8) is 0 Å². The van der Waals surface area contributed by atoms with Crippen LogP contribution in [-0.4, -0.2) is 79.7 Å². The number of ether oxygens (including phenoxy) is 1. The van der Waals surface area contributed by atoms with Gasteiger partial charge in [-0.2, -0.15) is 0 Å². The topological polar surface area (TPSA) is 113 Å². The molecule has 6 fully saturated rings. The number of carboxylic acids is 1. The number of likely N-dealkylation sites (tertiary alicyclic amines) is 1. The summed E-state index contributed by atoms with van der Waals surface area (Å²) >= 11 is 0. The summed E-state index contributed by atoms with van der Waals surface area (Å²) in [5.41, 5.74) is -0.175. The van der Waals surface area contributed by atoms with E-state index < -0.39 is 21.2 Å². The fraction of sp³-hybridized carbons (Fsp3) is 0.950. The van der Waals surface area contributed by atoms with Crippen molar-refractivity contribution in [3.8, 4) is 0 Å². The lowest BCUT2D eigenvalue weighted by Crippen LogP contribution is -2.68. The molecule has 49 heavy (non-hydrogen) atoms. The van der Waals surface area contributed by atoms with Crippen LogP contribution >= 0.6 is 0 Å². The highest BCUT2D eigenvalue weighted by Crippen LogP contribution is 2.76. The second-order valence-electron chi connectivity index (χ2n) is 19.8. The molecule has 6 rings (SSSR count). The third-order valence-electron chi connectivity index (χ3n) is 16.7. The Balaban J connectivity index is 1.13. The summed E-state index contributed by atoms with van der Waals surface area (Å²) < 4.78 is 30.3. The Morgan fingerprint density at radius 3 is 2.18 bits per heavy atom. The first-order valence-corrected chi connectivity index (χ1v) is 21.7. The zero-order valence-electron chi connectivity index (χ0n) is 32.0. The van der Waals surface area contributed by atoms with Gasteiger partial charge in [0.25, 0.3) is 0 Å². The predicted molar refractivity (Wildman–Crippen MR) is 194 cm³/mol. The first-order valence-electron chi connectivity index (χ1n) is 19.8. The smallest absolute Gasteiger partial charge is 0.312 e. The number of carboxylic acid groups (broad SMARTS) is 1. The number of aliphatic carboxylic acids is 1. The number of nitrogens with one attached hydrogen (secondary N) is 1. The van der Waals surface area contributed by atoms with Crippen molar-refractivity contribution in [2.45, 2.75) is 155 Å². The molecule has 0 aromatic rings. The molecule has 9 atom stereocenters. The van der Waals surface area contributed by atoms with Crippen molar-refractivity contribution in [2.24, 2.45) is 50.7 Å². The van der Waals surface area contributed by atoms with Gasteiger partial charge in [0.1, 0.15) is 15.9 Å². The Hall–Kier alpha value is -1.19. The minimum absolute atomic E-state index is 0.166. The average Bonchev–Trinajstić information content (AvgIpc) is 3.42. The summed E-state index contributed by atoms with van der Waals surface area (Å²) in [6.45, 7) is 19.8. The van der Waals surface area contributed by atoms with E-state index in [2.05, 4.69) is 44.8 Å². The molecule has 2 N–H and O–H groups in total. The Morgan fingerprint density at radius 2 is 1.53 bits per heavy atom. The normalized spacial score (nSPS) is 42.7. The van der Waals surface area contributed by atoms with Crippen LogP contribution in [0.3, 0.4) is 0 Å². The number of hydrogen-bond acceptors (Lipinski definition) is 7. The molecule has 0 radical (unpaired) electrons. The van der Waals surface area contributed by atoms with E-state index in [0.717, 1.165) is 70.1 Å². The molecule has 0 aromatic carbocycles. The van der Waals surface area contributed by atoms with E-state index in [9.17, 15) is 23.1 Å². The Kier molecular flexibility index (Phi) is 9.77. The number of esters is 1. The maximum absolute atomic E-state index is 13.3. The van der Waals surface area contributed by atoms with Gasteiger partial charge in [0.05, 0.1) is 17.1 Å². The number of hydrogen-bond donors (Lipinski definition) is 2. The lowest BCUT2D eigenvalue weighted by atomic mass is 9.33. The third-order valence-corrected chi connectivity index (χ3v) is 18.4. The van der Waals surface area contributed by atoms with Gasteiger partial charge in [-0.3, -0.25) is 9.59 Å². The summed E-state index contributed by atoms with van der Waals surface area (Å²) in [6.07, 6.45) is 15.9. The van der Waals surface area contributed by atoms with Gasteiger partial charge in [-0.15, -0.1) is 0 Å². The van der Waals surface area contributed by atoms with Crippen LogP contribution in [0.5, 0.6) is 0 Å². The van der Waals surface area contributed by atoms with Crippen LogP contribution in [0.1, 0.15) is 138 Å². The monoisotopic (exact) mass is 704 g/mol. The summed E-state index contributed by atoms with van der Waals surface area (Å²) in [7, 11) is -2.94. The van der Waals surface area contributed by atoms with Gasteiger partial charge in [-0.1, -0.05) is 41.0 Å². The molecule has 8 nitrogen and oxygen atoms in total. The van der Waals surface area contributed by atoms with Gasteiger partial charge in [0.2, 0.25) is 0 Å². The van der Waals surface area contributed by atoms with E-state index in [1.165, 1.54) is 57.6 Å². The molecule has 0 aromatic heterocycles. The first-order chi connectivity index (χ1) is 22.7. The van der Waals surface area contributed by atoms with Crippen LogP contribution in [0.4, 0.5) is 0 Å². The van der Waals surface area contributed by atoms with E-state index in [-0.39, 0.29) is 45.5 Å². The molecule has 7 unspecified atom stereocenters. The summed E-state index contributed by atoms with van der Waals surface area (Å²) in [5.74, 6) is 1.24. The SMILES string of the molecule is CC(C)(CC(=O)O)C(=O)OC1CCC2(C)C(CCC3(C)C2CCC2[C@H]4CCCC4(NCCN4CCC(S(C)(=O)=O)CC4)CC[C@]23C)C1(C)C. The van der Waals surface area contributed by atoms with Crippen LogP contribution in [0.15, 0.2) is 0 Å². The maximum Gasteiger partial charge on any atom is 0.312 e. The van der Waals surface area contributed by atoms with Gasteiger partial charge < -0.3 is 20.1 Å². The highest BCUT2D eigenvalue weighted by atomic mass is 32.2. The third kappa shape index (κ3) is 6.23. The molecule has 0 spiro atoms. The van der Waals surface area contributed by atoms with E-state index in [0.29, 0.717) is 17.3 Å². The molecule has 0 amide bonds. The summed E-state index contributed by atoms with van der Waals surface area (Å²) in [5, 5.41) is 13.4. The van der Waals surface area contributed by atoms with Crippen LogP contribution < -0.4 is 5.32 Å². The predicted octanol–water partition coefficient (Wildman–Crippen LogP) is 7.11. The number of carbonyl (C=O) groups excluding carboxylic acids is 1. The Labute approximate surface area is 297 Å². The molecule has 6 aliphatic rings. The molecule has 5 saturated carbocycles. The fourth-order valence-electron chi connectivity index (χ4n) is 13.8. The van der Waals surface area contributed by atoms with Crippen molar-refractivity contribution >= 4 is 21.8 Å². The summed E-state index contributed by atoms with van der Waals surface area (Å²) in [6, 6.07) is 0. The van der Waals surface area contributed by atoms with E-state index >= 15 is 0 Å². The summed E-state index contributed by atoms with van der Waals surface area (Å²) in [4.78, 5) is 27.2. The number of fused-ring (bicyclic) bond motifs is 7. The molecule has 1 heterocycles. The van der Waals surface area contributed by atoms with Gasteiger partial charge >= 0.3 is 11.9 Å². The second kappa shape index (κ2) is 12.7. The highest BCUT2D eigenvalue weighted by Gasteiger charge is 2.70. The second-order valence-corrected chi connectivity index (χ2v) is 22.2. The molecule has 1 saturated heterocycles. The van der Waals surface area contributed by atoms with Crippen molar-refractivity contribution in [3.05, 3.63) is 0 Å². The number of nitrogens with zero attached hydrogens (tertiary/aromatic N) is 1. The Bertz CT molecular complexity index is 1390. The first kappa shape index (κ1) is 37.6. The van der Waals surface area contributed by atoms with Crippen molar-refractivity contribution in [1.82, 2.24) is 10.2 Å². The van der Waals surface area contributed by atoms with Gasteiger partial charge in [-0.25, -0.2) is 8.42 Å². The molecular weight excluding hydrogens is 637 g/mol. The van der Waals surface area contributed by atoms with Crippen LogP contribution in [0.25, 0.3) is 0 Å². The van der Waals surface area contributed by atoms with E-state index in [1.54, 1.807) is 13.8 Å². The lowest BCUT2D eigenvalue weighted by Gasteiger charge is -2.72. The number of piperidine rings is 1. The maximum atomic E-state index is 13.3. The largest absolute Gasteiger partial charge is 0.481 e. The number of sulfone groups is 1. The van der Waals surface area contributed by atoms with Crippen LogP contribution in [0.2, 0.25) is 0 Å². The fourth-order valence-corrected chi connectivity index (χ4v) is 14.9. The van der Waals surface area contributed by atoms with Gasteiger partial charge in [0.15, 0.2) is 0 Å². The molecule has 5 aliphatic carbocycles. The molecule has 280 valence electrons. The van der Waals surface area contributed by atoms with E-state index in [1.807, 2.05) is 0 Å². The standard InChI is InChI=1S/C40H68N2O6S/c1-35(2,26-33(43)44)34(45)48-32-14-18-37(5)30(36(32,3)4)13-19-39(7)31(37)12-11-28-29-10-9-17-40(29,21-20-38(28,39)6)41-22-25-42-23-15-27(16-24-42)49(8,46)47/h27-32,41H,9-26H2,1-8H3,(H,43,44)/t28?,29-,30?,31?,32?,37?,38-,39?,40?/m1/s1. The molecule has 1 aliphatic heterocycles. The lowest BCUT2D eigenvalue weighted by molar-refractivity contribution is -0.246. The van der Waals surface area contributed by atoms with Gasteiger partial charge in [0, 0.05) is 30.3 Å². The number of rotatable bonds is 9.